The van der Waals surface area contributed by atoms with Crippen LogP contribution in [-0.2, 0) is 4.79 Å². The highest BCUT2D eigenvalue weighted by molar-refractivity contribution is 8.14. The van der Waals surface area contributed by atoms with Crippen molar-refractivity contribution >= 4 is 29.0 Å². The van der Waals surface area contributed by atoms with Gasteiger partial charge >= 0.3 is 6.09 Å². The second kappa shape index (κ2) is 5.51. The van der Waals surface area contributed by atoms with Gasteiger partial charge in [0.05, 0.1) is 17.3 Å². The first kappa shape index (κ1) is 16.1. The van der Waals surface area contributed by atoms with Crippen LogP contribution in [-0.4, -0.2) is 44.6 Å². The van der Waals surface area contributed by atoms with Gasteiger partial charge in [-0.2, -0.15) is 0 Å². The molecule has 6 nitrogen and oxygen atoms in total. The van der Waals surface area contributed by atoms with E-state index in [1.807, 2.05) is 20.8 Å². The fourth-order valence-electron chi connectivity index (χ4n) is 3.57. The van der Waals surface area contributed by atoms with E-state index < -0.39 is 23.1 Å². The molecular weight excluding hydrogens is 292 g/mol. The monoisotopic (exact) mass is 314 g/mol. The van der Waals surface area contributed by atoms with E-state index in [0.29, 0.717) is 12.8 Å². The predicted molar refractivity (Wildman–Crippen MR) is 80.3 cm³/mol. The van der Waals surface area contributed by atoms with Crippen molar-refractivity contribution in [1.82, 2.24) is 10.2 Å². The maximum Gasteiger partial charge on any atom is 0.405 e. The summed E-state index contributed by atoms with van der Waals surface area (Å²) in [6.45, 7) is 5.87. The van der Waals surface area contributed by atoms with Gasteiger partial charge in [-0.1, -0.05) is 45.4 Å². The van der Waals surface area contributed by atoms with Crippen LogP contribution in [0.25, 0.3) is 0 Å². The highest BCUT2D eigenvalue weighted by atomic mass is 32.2. The summed E-state index contributed by atoms with van der Waals surface area (Å²) in [7, 11) is 0. The van der Waals surface area contributed by atoms with Gasteiger partial charge in [0.25, 0.3) is 5.24 Å². The fraction of sp³-hybridized carbons (Fsp3) is 0.786. The molecule has 2 N–H and O–H groups in total. The van der Waals surface area contributed by atoms with Crippen molar-refractivity contribution in [3.05, 3.63) is 0 Å². The molecule has 1 saturated carbocycles. The molecule has 21 heavy (non-hydrogen) atoms. The quantitative estimate of drug-likeness (QED) is 0.818. The number of carbonyl (C=O) groups excluding carboxylic acids is 2. The van der Waals surface area contributed by atoms with Crippen molar-refractivity contribution in [3.8, 4) is 0 Å². The number of nitrogens with one attached hydrogen (secondary N) is 1. The van der Waals surface area contributed by atoms with Gasteiger partial charge in [0, 0.05) is 0 Å². The smallest absolute Gasteiger partial charge is 0.405 e. The lowest BCUT2D eigenvalue weighted by Gasteiger charge is -2.54. The Bertz CT molecular complexity index is 458. The van der Waals surface area contributed by atoms with Crippen LogP contribution in [0.4, 0.5) is 9.59 Å². The lowest BCUT2D eigenvalue weighted by atomic mass is 9.62. The van der Waals surface area contributed by atoms with Gasteiger partial charge in [0.2, 0.25) is 5.91 Å². The lowest BCUT2D eigenvalue weighted by Crippen LogP contribution is -2.69. The molecule has 1 aliphatic heterocycles. The molecule has 3 amide bonds. The molecule has 0 bridgehead atoms. The van der Waals surface area contributed by atoms with Crippen LogP contribution in [0, 0.1) is 5.41 Å². The minimum Gasteiger partial charge on any atom is -0.465 e. The molecule has 0 aromatic rings. The maximum absolute atomic E-state index is 12.1. The number of carbonyl (C=O) groups is 3. The van der Waals surface area contributed by atoms with Gasteiger partial charge < -0.3 is 10.4 Å². The Labute approximate surface area is 128 Å². The van der Waals surface area contributed by atoms with Gasteiger partial charge in [-0.15, -0.1) is 0 Å². The van der Waals surface area contributed by atoms with Crippen molar-refractivity contribution < 1.29 is 19.5 Å². The van der Waals surface area contributed by atoms with Crippen LogP contribution < -0.4 is 5.32 Å². The minimum atomic E-state index is -1.11. The van der Waals surface area contributed by atoms with Gasteiger partial charge in [-0.05, 0) is 18.3 Å². The molecule has 1 saturated heterocycles. The van der Waals surface area contributed by atoms with E-state index in [2.05, 4.69) is 5.32 Å². The Morgan fingerprint density at radius 3 is 2.52 bits per heavy atom. The van der Waals surface area contributed by atoms with Gasteiger partial charge in [-0.3, -0.25) is 14.5 Å². The Balaban J connectivity index is 2.45. The average molecular weight is 314 g/mol. The van der Waals surface area contributed by atoms with E-state index in [1.54, 1.807) is 0 Å². The van der Waals surface area contributed by atoms with Crippen LogP contribution in [0.1, 0.15) is 46.5 Å². The molecule has 2 fully saturated rings. The minimum absolute atomic E-state index is 0.155. The Morgan fingerprint density at radius 2 is 2.05 bits per heavy atom. The Kier molecular flexibility index (Phi) is 4.24. The third-order valence-electron chi connectivity index (χ3n) is 4.63. The molecule has 0 spiro atoms. The van der Waals surface area contributed by atoms with E-state index in [0.717, 1.165) is 24.6 Å². The summed E-state index contributed by atoms with van der Waals surface area (Å²) in [6, 6.07) is -0.405. The molecule has 118 valence electrons. The fourth-order valence-corrected chi connectivity index (χ4v) is 4.32. The molecule has 0 aromatic carbocycles. The highest BCUT2D eigenvalue weighted by Crippen LogP contribution is 2.45. The standard InChI is InChI=1S/C14H22N2O4S/c1-13(2,3)14(15-11(18)19)7-5-4-6-9(14)16-10(17)8-21-12(16)20/h9,15H,4-8H2,1-3H3,(H,18,19)/t9-,14-/m1/s1. The first-order valence-corrected chi connectivity index (χ1v) is 8.17. The van der Waals surface area contributed by atoms with Crippen molar-refractivity contribution in [3.63, 3.8) is 0 Å². The third kappa shape index (κ3) is 2.75. The molecule has 0 radical (unpaired) electrons. The summed E-state index contributed by atoms with van der Waals surface area (Å²) in [4.78, 5) is 36.8. The van der Waals surface area contributed by atoms with Crippen molar-refractivity contribution in [2.75, 3.05) is 5.75 Å². The van der Waals surface area contributed by atoms with Crippen molar-refractivity contribution in [1.29, 1.82) is 0 Å². The number of imide groups is 1. The van der Waals surface area contributed by atoms with E-state index >= 15 is 0 Å². The van der Waals surface area contributed by atoms with Crippen LogP contribution >= 0.6 is 11.8 Å². The first-order chi connectivity index (χ1) is 9.69. The molecule has 1 heterocycles. The number of thioether (sulfide) groups is 1. The van der Waals surface area contributed by atoms with Gasteiger partial charge in [-0.25, -0.2) is 4.79 Å². The largest absolute Gasteiger partial charge is 0.465 e. The van der Waals surface area contributed by atoms with Crippen LogP contribution in [0.15, 0.2) is 0 Å². The molecule has 1 aliphatic carbocycles. The maximum atomic E-state index is 12.1. The summed E-state index contributed by atoms with van der Waals surface area (Å²) in [5, 5.41) is 11.7. The van der Waals surface area contributed by atoms with E-state index in [4.69, 9.17) is 0 Å². The Morgan fingerprint density at radius 1 is 1.38 bits per heavy atom. The average Bonchev–Trinajstić information content (AvgIpc) is 2.68. The lowest BCUT2D eigenvalue weighted by molar-refractivity contribution is -0.130. The van der Waals surface area contributed by atoms with Crippen LogP contribution in [0.5, 0.6) is 0 Å². The molecule has 0 aromatic heterocycles. The number of carboxylic acid groups (broad SMARTS) is 1. The molecular formula is C14H22N2O4S. The Hall–Kier alpha value is -1.24. The first-order valence-electron chi connectivity index (χ1n) is 7.19. The molecule has 2 atom stereocenters. The van der Waals surface area contributed by atoms with Crippen molar-refractivity contribution in [2.24, 2.45) is 5.41 Å². The SMILES string of the molecule is CC(C)(C)[C@@]1(NC(=O)O)CCCC[C@H]1N1C(=O)CSC1=O. The van der Waals surface area contributed by atoms with E-state index in [1.165, 1.54) is 4.90 Å². The number of amides is 3. The van der Waals surface area contributed by atoms with Crippen LogP contribution in [0.2, 0.25) is 0 Å². The van der Waals surface area contributed by atoms with E-state index in [-0.39, 0.29) is 16.9 Å². The summed E-state index contributed by atoms with van der Waals surface area (Å²) in [5.74, 6) is -0.0551. The molecule has 7 heteroatoms. The zero-order chi connectivity index (χ0) is 15.8. The second-order valence-electron chi connectivity index (χ2n) is 6.73. The zero-order valence-corrected chi connectivity index (χ0v) is 13.5. The highest BCUT2D eigenvalue weighted by Gasteiger charge is 2.55. The van der Waals surface area contributed by atoms with Crippen LogP contribution in [0.3, 0.4) is 0 Å². The summed E-state index contributed by atoms with van der Waals surface area (Å²) >= 11 is 1.000. The summed E-state index contributed by atoms with van der Waals surface area (Å²) < 4.78 is 0. The molecule has 2 aliphatic rings. The predicted octanol–water partition coefficient (Wildman–Crippen LogP) is 2.68. The topological polar surface area (TPSA) is 86.7 Å². The summed E-state index contributed by atoms with van der Waals surface area (Å²) in [5.41, 5.74) is -1.20. The third-order valence-corrected chi connectivity index (χ3v) is 5.47. The van der Waals surface area contributed by atoms with Gasteiger partial charge in [0.1, 0.15) is 0 Å². The number of hydrogen-bond donors (Lipinski definition) is 2. The second-order valence-corrected chi connectivity index (χ2v) is 7.66. The zero-order valence-electron chi connectivity index (χ0n) is 12.6. The van der Waals surface area contributed by atoms with Gasteiger partial charge in [0.15, 0.2) is 0 Å². The normalized spacial score (nSPS) is 30.6. The number of hydrogen-bond acceptors (Lipinski definition) is 4. The van der Waals surface area contributed by atoms with Crippen molar-refractivity contribution in [2.45, 2.75) is 58.0 Å². The molecule has 2 rings (SSSR count). The number of rotatable bonds is 2. The molecule has 0 unspecified atom stereocenters. The summed E-state index contributed by atoms with van der Waals surface area (Å²) in [6.07, 6.45) is 1.96. The van der Waals surface area contributed by atoms with E-state index in [9.17, 15) is 19.5 Å². The number of nitrogens with zero attached hydrogens (tertiary/aromatic N) is 1.